The number of para-hydroxylation sites is 1. The number of carbonyl (C=O) groups is 3. The lowest BCUT2D eigenvalue weighted by Crippen LogP contribution is -2.43. The molecule has 2 aliphatic rings. The van der Waals surface area contributed by atoms with Gasteiger partial charge in [-0.25, -0.2) is 4.79 Å². The van der Waals surface area contributed by atoms with Crippen LogP contribution in [-0.4, -0.2) is 50.1 Å². The maximum atomic E-state index is 13.6. The zero-order valence-corrected chi connectivity index (χ0v) is 18.9. The van der Waals surface area contributed by atoms with Gasteiger partial charge in [-0.3, -0.25) is 19.7 Å². The first-order valence-electron chi connectivity index (χ1n) is 10.4. The Morgan fingerprint density at radius 3 is 2.55 bits per heavy atom. The van der Waals surface area contributed by atoms with Crippen LogP contribution in [-0.2, 0) is 28.6 Å². The van der Waals surface area contributed by atoms with Crippen LogP contribution in [0.3, 0.4) is 0 Å². The highest BCUT2D eigenvalue weighted by atomic mass is 16.6. The van der Waals surface area contributed by atoms with Crippen molar-refractivity contribution in [2.75, 3.05) is 27.4 Å². The molecule has 33 heavy (non-hydrogen) atoms. The normalized spacial score (nSPS) is 22.4. The summed E-state index contributed by atoms with van der Waals surface area (Å²) in [6.45, 7) is 3.55. The van der Waals surface area contributed by atoms with Crippen LogP contribution in [0.25, 0.3) is 0 Å². The van der Waals surface area contributed by atoms with Gasteiger partial charge in [-0.15, -0.1) is 0 Å². The fraction of sp³-hybridized carbons (Fsp3) is 0.435. The smallest absolute Gasteiger partial charge is 0.336 e. The van der Waals surface area contributed by atoms with E-state index in [1.54, 1.807) is 19.9 Å². The van der Waals surface area contributed by atoms with Crippen molar-refractivity contribution < 1.29 is 33.5 Å². The molecule has 1 aliphatic heterocycles. The summed E-state index contributed by atoms with van der Waals surface area (Å²) >= 11 is 0. The van der Waals surface area contributed by atoms with Crippen LogP contribution in [0.4, 0.5) is 5.69 Å². The molecule has 10 nitrogen and oxygen atoms in total. The number of ether oxygens (including phenoxy) is 3. The standard InChI is InChI=1S/C23H26N2O8/c1-12-11-15-20(21(26)17(12)22(27)32-4)19(14-7-5-6-8-16(14)25(29)30)18(13(2)24-15)23(28)33-10-9-31-3/h5-8,12,17,19,24H,9-11H2,1-4H3/t12-,17+,19+/m0/s1. The molecule has 3 rings (SSSR count). The first-order chi connectivity index (χ1) is 15.7. The van der Waals surface area contributed by atoms with Crippen molar-refractivity contribution in [2.24, 2.45) is 11.8 Å². The van der Waals surface area contributed by atoms with Crippen molar-refractivity contribution in [3.63, 3.8) is 0 Å². The predicted molar refractivity (Wildman–Crippen MR) is 116 cm³/mol. The molecule has 0 fully saturated rings. The summed E-state index contributed by atoms with van der Waals surface area (Å²) in [6.07, 6.45) is 0.335. The average molecular weight is 458 g/mol. The van der Waals surface area contributed by atoms with Gasteiger partial charge in [-0.1, -0.05) is 25.1 Å². The summed E-state index contributed by atoms with van der Waals surface area (Å²) in [7, 11) is 2.66. The van der Waals surface area contributed by atoms with E-state index in [4.69, 9.17) is 14.2 Å². The van der Waals surface area contributed by atoms with Crippen LogP contribution in [0.5, 0.6) is 0 Å². The maximum Gasteiger partial charge on any atom is 0.336 e. The summed E-state index contributed by atoms with van der Waals surface area (Å²) in [6, 6.07) is 5.93. The van der Waals surface area contributed by atoms with Gasteiger partial charge in [0.05, 0.1) is 30.1 Å². The zero-order valence-electron chi connectivity index (χ0n) is 18.9. The second-order valence-corrected chi connectivity index (χ2v) is 7.98. The van der Waals surface area contributed by atoms with Crippen molar-refractivity contribution in [3.8, 4) is 0 Å². The van der Waals surface area contributed by atoms with Crippen molar-refractivity contribution in [1.82, 2.24) is 5.32 Å². The molecule has 1 heterocycles. The number of nitrogens with zero attached hydrogens (tertiary/aromatic N) is 1. The number of nitro groups is 1. The molecule has 1 aliphatic carbocycles. The molecule has 10 heteroatoms. The van der Waals surface area contributed by atoms with Crippen molar-refractivity contribution in [3.05, 3.63) is 62.5 Å². The second kappa shape index (κ2) is 9.95. The molecule has 3 atom stereocenters. The zero-order chi connectivity index (χ0) is 24.3. The van der Waals surface area contributed by atoms with Gasteiger partial charge in [0.2, 0.25) is 0 Å². The van der Waals surface area contributed by atoms with Crippen molar-refractivity contribution in [1.29, 1.82) is 0 Å². The highest BCUT2D eigenvalue weighted by Gasteiger charge is 2.48. The Bertz CT molecular complexity index is 1060. The number of ketones is 1. The Morgan fingerprint density at radius 1 is 1.21 bits per heavy atom. The molecule has 0 amide bonds. The number of benzene rings is 1. The Kier molecular flexibility index (Phi) is 7.27. The van der Waals surface area contributed by atoms with Crippen LogP contribution >= 0.6 is 0 Å². The van der Waals surface area contributed by atoms with Crippen molar-refractivity contribution in [2.45, 2.75) is 26.2 Å². The van der Waals surface area contributed by atoms with Crippen LogP contribution in [0.2, 0.25) is 0 Å². The van der Waals surface area contributed by atoms with Crippen LogP contribution in [0.15, 0.2) is 46.8 Å². The van der Waals surface area contributed by atoms with Crippen LogP contribution < -0.4 is 5.32 Å². The lowest BCUT2D eigenvalue weighted by atomic mass is 9.69. The van der Waals surface area contributed by atoms with E-state index in [0.717, 1.165) is 0 Å². The van der Waals surface area contributed by atoms with Gasteiger partial charge in [0.1, 0.15) is 12.5 Å². The van der Waals surface area contributed by atoms with E-state index in [0.29, 0.717) is 17.8 Å². The fourth-order valence-electron chi connectivity index (χ4n) is 4.46. The number of Topliss-reactive ketones (excluding diaryl/α,β-unsaturated/α-hetero) is 1. The SMILES string of the molecule is COCCOC(=O)C1=C(C)NC2=C(C(=O)[C@H](C(=O)OC)[C@@H](C)C2)[C@@H]1c1ccccc1[N+](=O)[O-]. The predicted octanol–water partition coefficient (Wildman–Crippen LogP) is 2.40. The number of nitro benzene ring substituents is 1. The minimum absolute atomic E-state index is 0.0304. The van der Waals surface area contributed by atoms with E-state index >= 15 is 0 Å². The lowest BCUT2D eigenvalue weighted by molar-refractivity contribution is -0.385. The van der Waals surface area contributed by atoms with E-state index in [9.17, 15) is 24.5 Å². The average Bonchev–Trinajstić information content (AvgIpc) is 2.77. The maximum absolute atomic E-state index is 13.6. The van der Waals surface area contributed by atoms with E-state index in [-0.39, 0.29) is 41.5 Å². The number of hydrogen-bond acceptors (Lipinski definition) is 9. The number of allylic oxidation sites excluding steroid dienone is 3. The third-order valence-electron chi connectivity index (χ3n) is 5.93. The van der Waals surface area contributed by atoms with E-state index < -0.39 is 34.5 Å². The van der Waals surface area contributed by atoms with Gasteiger partial charge < -0.3 is 19.5 Å². The first kappa shape index (κ1) is 24.1. The number of carbonyl (C=O) groups excluding carboxylic acids is 3. The number of esters is 2. The molecule has 1 aromatic rings. The Labute approximate surface area is 190 Å². The summed E-state index contributed by atoms with van der Waals surface area (Å²) < 4.78 is 15.1. The monoisotopic (exact) mass is 458 g/mol. The van der Waals surface area contributed by atoms with E-state index in [2.05, 4.69) is 5.32 Å². The summed E-state index contributed by atoms with van der Waals surface area (Å²) in [5.41, 5.74) is 1.10. The molecule has 0 aromatic heterocycles. The summed E-state index contributed by atoms with van der Waals surface area (Å²) in [5.74, 6) is -4.45. The van der Waals surface area contributed by atoms with E-state index in [1.165, 1.54) is 32.4 Å². The van der Waals surface area contributed by atoms with Gasteiger partial charge >= 0.3 is 11.9 Å². The van der Waals surface area contributed by atoms with Gasteiger partial charge in [0.15, 0.2) is 5.78 Å². The molecule has 0 bridgehead atoms. The van der Waals surface area contributed by atoms with E-state index in [1.807, 2.05) is 0 Å². The van der Waals surface area contributed by atoms with Crippen LogP contribution in [0.1, 0.15) is 31.7 Å². The minimum Gasteiger partial charge on any atom is -0.468 e. The molecule has 0 unspecified atom stereocenters. The second-order valence-electron chi connectivity index (χ2n) is 7.98. The first-order valence-corrected chi connectivity index (χ1v) is 10.4. The molecule has 0 radical (unpaired) electrons. The lowest BCUT2D eigenvalue weighted by Gasteiger charge is -2.38. The Morgan fingerprint density at radius 2 is 1.91 bits per heavy atom. The number of dihydropyridines is 1. The third kappa shape index (κ3) is 4.51. The Hall–Kier alpha value is -3.53. The van der Waals surface area contributed by atoms with Gasteiger partial charge in [-0.05, 0) is 19.3 Å². The molecule has 1 aromatic carbocycles. The summed E-state index contributed by atoms with van der Waals surface area (Å²) in [5, 5.41) is 14.9. The molecule has 0 saturated heterocycles. The molecular formula is C23H26N2O8. The molecule has 0 saturated carbocycles. The minimum atomic E-state index is -1.08. The third-order valence-corrected chi connectivity index (χ3v) is 5.93. The number of hydrogen-bond donors (Lipinski definition) is 1. The number of rotatable bonds is 7. The fourth-order valence-corrected chi connectivity index (χ4v) is 4.46. The quantitative estimate of drug-likeness (QED) is 0.215. The molecule has 176 valence electrons. The highest BCUT2D eigenvalue weighted by molar-refractivity contribution is 6.12. The van der Waals surface area contributed by atoms with Crippen LogP contribution in [0, 0.1) is 22.0 Å². The highest BCUT2D eigenvalue weighted by Crippen LogP contribution is 2.47. The topological polar surface area (TPSA) is 134 Å². The van der Waals surface area contributed by atoms with Gasteiger partial charge in [-0.2, -0.15) is 0 Å². The van der Waals surface area contributed by atoms with Gasteiger partial charge in [0, 0.05) is 35.7 Å². The number of nitrogens with one attached hydrogen (secondary N) is 1. The Balaban J connectivity index is 2.20. The molecule has 1 N–H and O–H groups in total. The molecule has 0 spiro atoms. The summed E-state index contributed by atoms with van der Waals surface area (Å²) in [4.78, 5) is 50.4. The molecular weight excluding hydrogens is 432 g/mol. The number of methoxy groups -OCH3 is 2. The largest absolute Gasteiger partial charge is 0.468 e. The van der Waals surface area contributed by atoms with Gasteiger partial charge in [0.25, 0.3) is 5.69 Å². The van der Waals surface area contributed by atoms with Crippen molar-refractivity contribution >= 4 is 23.4 Å².